The Kier molecular flexibility index (Phi) is 9.54. The van der Waals surface area contributed by atoms with Gasteiger partial charge in [-0.2, -0.15) is 13.2 Å². The second-order valence-corrected chi connectivity index (χ2v) is 8.26. The van der Waals surface area contributed by atoms with Crippen LogP contribution in [0, 0.1) is 0 Å². The van der Waals surface area contributed by atoms with E-state index in [1.165, 1.54) is 28.2 Å². The number of ether oxygens (including phenoxy) is 1. The molecular weight excluding hydrogens is 477 g/mol. The Morgan fingerprint density at radius 2 is 1.92 bits per heavy atom. The van der Waals surface area contributed by atoms with Gasteiger partial charge in [-0.1, -0.05) is 30.3 Å². The van der Waals surface area contributed by atoms with Crippen LogP contribution in [-0.4, -0.2) is 61.9 Å². The van der Waals surface area contributed by atoms with Crippen LogP contribution >= 0.6 is 0 Å². The number of anilines is 1. The zero-order valence-corrected chi connectivity index (χ0v) is 20.4. The molecule has 0 saturated heterocycles. The summed E-state index contributed by atoms with van der Waals surface area (Å²) in [6, 6.07) is 10.9. The lowest BCUT2D eigenvalue weighted by Gasteiger charge is -2.29. The van der Waals surface area contributed by atoms with Crippen LogP contribution in [0.1, 0.15) is 29.2 Å². The molecule has 0 bridgehead atoms. The third kappa shape index (κ3) is 7.34. The monoisotopic (exact) mass is 508 g/mol. The molecule has 8 nitrogen and oxygen atoms in total. The van der Waals surface area contributed by atoms with Gasteiger partial charge in [-0.3, -0.25) is 4.79 Å². The number of hydrogen-bond acceptors (Lipinski definition) is 7. The van der Waals surface area contributed by atoms with Gasteiger partial charge in [0, 0.05) is 31.9 Å². The van der Waals surface area contributed by atoms with Gasteiger partial charge in [-0.25, -0.2) is 4.79 Å². The number of fused-ring (bicyclic) bond motifs is 1. The average Bonchev–Trinajstić information content (AvgIpc) is 2.84. The number of benzene rings is 2. The van der Waals surface area contributed by atoms with Crippen LogP contribution in [0.15, 0.2) is 42.5 Å². The lowest BCUT2D eigenvalue weighted by atomic mass is 9.99. The number of carbonyl (C=O) groups excluding carboxylic acids is 2. The summed E-state index contributed by atoms with van der Waals surface area (Å²) in [5, 5.41) is 7.61. The molecule has 0 atom stereocenters. The van der Waals surface area contributed by atoms with E-state index in [0.29, 0.717) is 26.1 Å². The van der Waals surface area contributed by atoms with Crippen molar-refractivity contribution in [1.82, 2.24) is 15.3 Å². The van der Waals surface area contributed by atoms with Crippen LogP contribution in [0.4, 0.5) is 23.7 Å². The normalized spacial score (nSPS) is 13.6. The zero-order chi connectivity index (χ0) is 26.1. The topological polar surface area (TPSA) is 83.1 Å². The fraction of sp³-hybridized carbons (Fsp3) is 0.440. The van der Waals surface area contributed by atoms with Crippen molar-refractivity contribution in [3.63, 3.8) is 0 Å². The summed E-state index contributed by atoms with van der Waals surface area (Å²) in [6.45, 7) is 3.23. The quantitative estimate of drug-likeness (QED) is 0.473. The Labute approximate surface area is 208 Å². The summed E-state index contributed by atoms with van der Waals surface area (Å²) in [5.74, 6) is -0.317. The first-order valence-corrected chi connectivity index (χ1v) is 11.7. The second kappa shape index (κ2) is 12.6. The molecule has 0 fully saturated rings. The number of halogens is 3. The number of likely N-dealkylation sites (N-methyl/N-ethyl adjacent to an activating group) is 1. The van der Waals surface area contributed by atoms with E-state index in [-0.39, 0.29) is 37.7 Å². The van der Waals surface area contributed by atoms with Crippen LogP contribution in [0.3, 0.4) is 0 Å². The Morgan fingerprint density at radius 3 is 2.64 bits per heavy atom. The summed E-state index contributed by atoms with van der Waals surface area (Å²) in [4.78, 5) is 31.3. The van der Waals surface area contributed by atoms with E-state index in [1.807, 2.05) is 18.2 Å². The Hall–Kier alpha value is -3.31. The van der Waals surface area contributed by atoms with E-state index in [1.54, 1.807) is 14.0 Å². The van der Waals surface area contributed by atoms with E-state index < -0.39 is 17.9 Å². The highest BCUT2D eigenvalue weighted by atomic mass is 19.4. The van der Waals surface area contributed by atoms with Crippen LogP contribution in [0.25, 0.3) is 0 Å². The lowest BCUT2D eigenvalue weighted by Crippen LogP contribution is -2.39. The molecule has 0 spiro atoms. The highest BCUT2D eigenvalue weighted by Crippen LogP contribution is 2.32. The average molecular weight is 509 g/mol. The minimum absolute atomic E-state index is 0.0493. The number of amides is 1. The molecule has 0 aliphatic carbocycles. The van der Waals surface area contributed by atoms with Crippen LogP contribution in [-0.2, 0) is 40.1 Å². The van der Waals surface area contributed by atoms with Gasteiger partial charge in [0.1, 0.15) is 0 Å². The number of rotatable bonds is 10. The molecule has 3 rings (SSSR count). The minimum Gasteiger partial charge on any atom is -0.433 e. The first-order valence-electron chi connectivity index (χ1n) is 11.7. The summed E-state index contributed by atoms with van der Waals surface area (Å²) < 4.78 is 45.2. The molecule has 1 aliphatic rings. The number of carbonyl (C=O) groups is 2. The van der Waals surface area contributed by atoms with Gasteiger partial charge in [0.25, 0.3) is 0 Å². The molecule has 2 N–H and O–H groups in total. The standard InChI is InChI=1S/C25H31F3N4O4/c1-3-35-24(34)36-32-13-11-20-18(17-32)8-6-10-22(20)30-15-23(33)31(14-12-29-2)16-19-7-4-5-9-21(19)25(26,27)28/h4-10,29-30H,3,11-17H2,1-2H3. The molecule has 36 heavy (non-hydrogen) atoms. The fourth-order valence-corrected chi connectivity index (χ4v) is 4.04. The smallest absolute Gasteiger partial charge is 0.433 e. The van der Waals surface area contributed by atoms with Crippen molar-refractivity contribution < 1.29 is 32.3 Å². The summed E-state index contributed by atoms with van der Waals surface area (Å²) >= 11 is 0. The van der Waals surface area contributed by atoms with Crippen LogP contribution in [0.2, 0.25) is 0 Å². The van der Waals surface area contributed by atoms with Gasteiger partial charge in [-0.15, -0.1) is 5.06 Å². The van der Waals surface area contributed by atoms with E-state index in [2.05, 4.69) is 10.6 Å². The van der Waals surface area contributed by atoms with Gasteiger partial charge in [-0.05, 0) is 49.2 Å². The predicted octanol–water partition coefficient (Wildman–Crippen LogP) is 3.81. The number of nitrogens with zero attached hydrogens (tertiary/aromatic N) is 2. The molecule has 0 saturated carbocycles. The van der Waals surface area contributed by atoms with Crippen LogP contribution < -0.4 is 10.6 Å². The molecule has 2 aromatic carbocycles. The molecule has 0 radical (unpaired) electrons. The lowest BCUT2D eigenvalue weighted by molar-refractivity contribution is -0.139. The Morgan fingerprint density at radius 1 is 1.14 bits per heavy atom. The Bertz CT molecular complexity index is 1050. The largest absolute Gasteiger partial charge is 0.527 e. The molecule has 1 heterocycles. The predicted molar refractivity (Wildman–Crippen MR) is 128 cm³/mol. The van der Waals surface area contributed by atoms with Crippen molar-refractivity contribution in [1.29, 1.82) is 0 Å². The first-order chi connectivity index (χ1) is 17.2. The van der Waals surface area contributed by atoms with Crippen molar-refractivity contribution in [2.24, 2.45) is 0 Å². The summed E-state index contributed by atoms with van der Waals surface area (Å²) in [6.07, 6.45) is -4.68. The van der Waals surface area contributed by atoms with E-state index >= 15 is 0 Å². The third-order valence-electron chi connectivity index (χ3n) is 5.80. The number of hydrogen-bond donors (Lipinski definition) is 2. The van der Waals surface area contributed by atoms with Crippen molar-refractivity contribution in [2.75, 3.05) is 45.2 Å². The molecule has 0 aromatic heterocycles. The zero-order valence-electron chi connectivity index (χ0n) is 20.4. The molecule has 196 valence electrons. The van der Waals surface area contributed by atoms with Gasteiger partial charge in [0.15, 0.2) is 0 Å². The van der Waals surface area contributed by atoms with E-state index in [0.717, 1.165) is 22.9 Å². The van der Waals surface area contributed by atoms with Crippen molar-refractivity contribution in [3.8, 4) is 0 Å². The maximum absolute atomic E-state index is 13.5. The van der Waals surface area contributed by atoms with Crippen molar-refractivity contribution in [3.05, 3.63) is 64.7 Å². The molecule has 2 aromatic rings. The second-order valence-electron chi connectivity index (χ2n) is 8.26. The molecular formula is C25H31F3N4O4. The summed E-state index contributed by atoms with van der Waals surface area (Å²) in [5.41, 5.74) is 2.01. The van der Waals surface area contributed by atoms with Gasteiger partial charge < -0.3 is 25.1 Å². The third-order valence-corrected chi connectivity index (χ3v) is 5.80. The maximum atomic E-state index is 13.5. The molecule has 11 heteroatoms. The number of nitrogens with one attached hydrogen (secondary N) is 2. The fourth-order valence-electron chi connectivity index (χ4n) is 4.04. The van der Waals surface area contributed by atoms with Gasteiger partial charge in [0.2, 0.25) is 5.91 Å². The number of hydroxylamine groups is 2. The van der Waals surface area contributed by atoms with Crippen molar-refractivity contribution in [2.45, 2.75) is 32.6 Å². The van der Waals surface area contributed by atoms with Gasteiger partial charge >= 0.3 is 12.3 Å². The molecule has 0 unspecified atom stereocenters. The molecule has 1 aliphatic heterocycles. The molecule has 1 amide bonds. The van der Waals surface area contributed by atoms with E-state index in [9.17, 15) is 22.8 Å². The first kappa shape index (κ1) is 27.3. The highest BCUT2D eigenvalue weighted by molar-refractivity contribution is 5.81. The van der Waals surface area contributed by atoms with Crippen LogP contribution in [0.5, 0.6) is 0 Å². The van der Waals surface area contributed by atoms with Crippen molar-refractivity contribution >= 4 is 17.7 Å². The Balaban J connectivity index is 1.68. The van der Waals surface area contributed by atoms with Gasteiger partial charge in [0.05, 0.1) is 25.3 Å². The maximum Gasteiger partial charge on any atom is 0.527 e. The number of alkyl halides is 3. The highest BCUT2D eigenvalue weighted by Gasteiger charge is 2.33. The minimum atomic E-state index is -4.50. The van der Waals surface area contributed by atoms with E-state index in [4.69, 9.17) is 9.57 Å². The SMILES string of the molecule is CCOC(=O)ON1CCc2c(cccc2NCC(=O)N(CCNC)Cc2ccccc2C(F)(F)F)C1. The summed E-state index contributed by atoms with van der Waals surface area (Å²) in [7, 11) is 1.72.